The van der Waals surface area contributed by atoms with Crippen molar-refractivity contribution in [2.45, 2.75) is 36.0 Å². The first-order valence-corrected chi connectivity index (χ1v) is 13.3. The first-order valence-electron chi connectivity index (χ1n) is 11.9. The third-order valence-electron chi connectivity index (χ3n) is 6.85. The van der Waals surface area contributed by atoms with Gasteiger partial charge in [-0.1, -0.05) is 78.9 Å². The highest BCUT2D eigenvalue weighted by Gasteiger charge is 2.26. The number of hydrogen-bond donors (Lipinski definition) is 0. The monoisotopic (exact) mass is 462 g/mol. The number of likely N-dealkylation sites (tertiary alicyclic amines) is 1. The van der Waals surface area contributed by atoms with Crippen molar-refractivity contribution in [1.29, 1.82) is 0 Å². The van der Waals surface area contributed by atoms with Gasteiger partial charge in [0.1, 0.15) is 0 Å². The van der Waals surface area contributed by atoms with Crippen LogP contribution in [0.5, 0.6) is 0 Å². The molecule has 1 heterocycles. The molecular weight excluding hydrogens is 428 g/mol. The Hall–Kier alpha value is -2.47. The summed E-state index contributed by atoms with van der Waals surface area (Å²) in [6.45, 7) is 3.65. The van der Waals surface area contributed by atoms with Crippen LogP contribution in [0.4, 0.5) is 0 Å². The van der Waals surface area contributed by atoms with Crippen LogP contribution < -0.4 is 0 Å². The van der Waals surface area contributed by atoms with E-state index >= 15 is 0 Å². The summed E-state index contributed by atoms with van der Waals surface area (Å²) in [5, 5.41) is 0. The van der Waals surface area contributed by atoms with E-state index in [1.165, 1.54) is 28.3 Å². The maximum absolute atomic E-state index is 13.1. The third kappa shape index (κ3) is 6.11. The van der Waals surface area contributed by atoms with Crippen molar-refractivity contribution in [3.63, 3.8) is 0 Å². The van der Waals surface area contributed by atoms with E-state index in [9.17, 15) is 8.42 Å². The van der Waals surface area contributed by atoms with Crippen LogP contribution in [0, 0.1) is 0 Å². The fourth-order valence-corrected chi connectivity index (χ4v) is 6.06. The number of nitrogens with zero attached hydrogens (tertiary/aromatic N) is 2. The van der Waals surface area contributed by atoms with Gasteiger partial charge < -0.3 is 4.90 Å². The summed E-state index contributed by atoms with van der Waals surface area (Å²) < 4.78 is 27.7. The molecule has 33 heavy (non-hydrogen) atoms. The van der Waals surface area contributed by atoms with Gasteiger partial charge in [-0.2, -0.15) is 0 Å². The van der Waals surface area contributed by atoms with E-state index in [1.807, 2.05) is 24.3 Å². The number of rotatable bonds is 9. The van der Waals surface area contributed by atoms with Gasteiger partial charge >= 0.3 is 0 Å². The largest absolute Gasteiger partial charge is 0.303 e. The number of benzene rings is 3. The third-order valence-corrected chi connectivity index (χ3v) is 8.69. The molecule has 0 N–H and O–H groups in total. The topological polar surface area (TPSA) is 40.6 Å². The number of piperidine rings is 1. The van der Waals surface area contributed by atoms with E-state index in [0.717, 1.165) is 26.1 Å². The van der Waals surface area contributed by atoms with E-state index in [0.29, 0.717) is 17.4 Å². The van der Waals surface area contributed by atoms with Crippen molar-refractivity contribution in [3.8, 4) is 0 Å². The molecule has 0 saturated carbocycles. The molecule has 3 aromatic rings. The van der Waals surface area contributed by atoms with Crippen molar-refractivity contribution in [2.24, 2.45) is 0 Å². The molecule has 0 radical (unpaired) electrons. The highest BCUT2D eigenvalue weighted by molar-refractivity contribution is 7.89. The molecule has 0 aromatic heterocycles. The van der Waals surface area contributed by atoms with Gasteiger partial charge in [-0.3, -0.25) is 0 Å². The fourth-order valence-electron chi connectivity index (χ4n) is 4.82. The van der Waals surface area contributed by atoms with E-state index < -0.39 is 10.0 Å². The van der Waals surface area contributed by atoms with Crippen LogP contribution in [0.2, 0.25) is 0 Å². The number of hydrogen-bond acceptors (Lipinski definition) is 3. The minimum Gasteiger partial charge on any atom is -0.303 e. The maximum atomic E-state index is 13.1. The lowest BCUT2D eigenvalue weighted by atomic mass is 9.89. The van der Waals surface area contributed by atoms with Crippen molar-refractivity contribution < 1.29 is 8.42 Å². The average molecular weight is 463 g/mol. The zero-order valence-electron chi connectivity index (χ0n) is 19.4. The minimum absolute atomic E-state index is 0.154. The highest BCUT2D eigenvalue weighted by atomic mass is 32.2. The first kappa shape index (κ1) is 23.7. The zero-order valence-corrected chi connectivity index (χ0v) is 20.2. The van der Waals surface area contributed by atoms with E-state index in [1.54, 1.807) is 31.3 Å². The lowest BCUT2D eigenvalue weighted by Crippen LogP contribution is -2.36. The van der Waals surface area contributed by atoms with E-state index in [2.05, 4.69) is 47.4 Å². The van der Waals surface area contributed by atoms with Crippen LogP contribution in [0.25, 0.3) is 0 Å². The van der Waals surface area contributed by atoms with Gasteiger partial charge in [-0.25, -0.2) is 12.7 Å². The molecule has 4 nitrogen and oxygen atoms in total. The summed E-state index contributed by atoms with van der Waals surface area (Å²) in [7, 11) is -1.81. The highest BCUT2D eigenvalue weighted by Crippen LogP contribution is 2.29. The van der Waals surface area contributed by atoms with Crippen LogP contribution in [0.3, 0.4) is 0 Å². The molecule has 4 rings (SSSR count). The zero-order chi connectivity index (χ0) is 23.1. The molecule has 5 heteroatoms. The summed E-state index contributed by atoms with van der Waals surface area (Å²) in [4.78, 5) is 2.89. The Morgan fingerprint density at radius 2 is 1.39 bits per heavy atom. The Balaban J connectivity index is 1.39. The Kier molecular flexibility index (Phi) is 7.97. The minimum atomic E-state index is -3.50. The number of sulfonamides is 1. The molecule has 0 spiro atoms. The molecular formula is C28H34N2O2S. The van der Waals surface area contributed by atoms with Crippen LogP contribution in [-0.4, -0.2) is 50.8 Å². The molecule has 0 bridgehead atoms. The van der Waals surface area contributed by atoms with Crippen molar-refractivity contribution in [2.75, 3.05) is 33.2 Å². The average Bonchev–Trinajstić information content (AvgIpc) is 2.88. The van der Waals surface area contributed by atoms with Crippen LogP contribution >= 0.6 is 0 Å². The molecule has 0 aliphatic carbocycles. The van der Waals surface area contributed by atoms with Gasteiger partial charge in [0.25, 0.3) is 0 Å². The Morgan fingerprint density at radius 1 is 0.848 bits per heavy atom. The van der Waals surface area contributed by atoms with Gasteiger partial charge in [0.05, 0.1) is 4.90 Å². The van der Waals surface area contributed by atoms with Gasteiger partial charge in [-0.05, 0) is 74.0 Å². The summed E-state index contributed by atoms with van der Waals surface area (Å²) in [6.07, 6.45) is 3.30. The Morgan fingerprint density at radius 3 is 2.00 bits per heavy atom. The summed E-state index contributed by atoms with van der Waals surface area (Å²) >= 11 is 0. The fraction of sp³-hybridized carbons (Fsp3) is 0.357. The SMILES string of the molecule is CN(C[C@H](CCN1CCC(c2ccccc2)CC1)c1ccccc1)S(=O)(=O)c1ccccc1. The van der Waals surface area contributed by atoms with Crippen LogP contribution in [0.15, 0.2) is 95.9 Å². The van der Waals surface area contributed by atoms with Crippen LogP contribution in [0.1, 0.15) is 42.2 Å². The second kappa shape index (κ2) is 11.1. The Bertz CT molecular complexity index is 1080. The van der Waals surface area contributed by atoms with Crippen LogP contribution in [-0.2, 0) is 10.0 Å². The molecule has 0 amide bonds. The Labute approximate surface area is 198 Å². The van der Waals surface area contributed by atoms with Gasteiger partial charge in [0, 0.05) is 13.6 Å². The lowest BCUT2D eigenvalue weighted by Gasteiger charge is -2.33. The predicted molar refractivity (Wildman–Crippen MR) is 135 cm³/mol. The quantitative estimate of drug-likeness (QED) is 0.430. The smallest absolute Gasteiger partial charge is 0.242 e. The molecule has 1 aliphatic rings. The summed E-state index contributed by atoms with van der Waals surface area (Å²) in [5.41, 5.74) is 2.65. The van der Waals surface area contributed by atoms with Crippen molar-refractivity contribution in [1.82, 2.24) is 9.21 Å². The predicted octanol–water partition coefficient (Wildman–Crippen LogP) is 5.36. The molecule has 1 aliphatic heterocycles. The molecule has 1 saturated heterocycles. The van der Waals surface area contributed by atoms with E-state index in [4.69, 9.17) is 0 Å². The second-order valence-electron chi connectivity index (χ2n) is 9.02. The molecule has 1 atom stereocenters. The summed E-state index contributed by atoms with van der Waals surface area (Å²) in [5.74, 6) is 0.802. The molecule has 3 aromatic carbocycles. The normalized spacial score (nSPS) is 16.7. The molecule has 0 unspecified atom stereocenters. The van der Waals surface area contributed by atoms with Crippen molar-refractivity contribution >= 4 is 10.0 Å². The second-order valence-corrected chi connectivity index (χ2v) is 11.1. The van der Waals surface area contributed by atoms with Gasteiger partial charge in [0.15, 0.2) is 0 Å². The lowest BCUT2D eigenvalue weighted by molar-refractivity contribution is 0.203. The molecule has 1 fully saturated rings. The standard InChI is InChI=1S/C28H34N2O2S/c1-29(33(31,32)28-15-9-4-10-16-28)23-27(25-13-7-3-8-14-25)19-22-30-20-17-26(18-21-30)24-11-5-2-6-12-24/h2-16,26-27H,17-23H2,1H3/t27-/m0/s1. The number of likely N-dealkylation sites (N-methyl/N-ethyl adjacent to an activating group) is 1. The molecule has 174 valence electrons. The van der Waals surface area contributed by atoms with Crippen molar-refractivity contribution in [3.05, 3.63) is 102 Å². The van der Waals surface area contributed by atoms with Gasteiger partial charge in [0.2, 0.25) is 10.0 Å². The first-order chi connectivity index (χ1) is 16.0. The van der Waals surface area contributed by atoms with E-state index in [-0.39, 0.29) is 5.92 Å². The maximum Gasteiger partial charge on any atom is 0.242 e. The van der Waals surface area contributed by atoms with Gasteiger partial charge in [-0.15, -0.1) is 0 Å². The summed E-state index contributed by atoms with van der Waals surface area (Å²) in [6, 6.07) is 29.9.